The number of hydrogen-bond acceptors (Lipinski definition) is 2. The van der Waals surface area contributed by atoms with E-state index >= 15 is 0 Å². The van der Waals surface area contributed by atoms with Crippen molar-refractivity contribution >= 4 is 11.6 Å². The first-order valence-corrected chi connectivity index (χ1v) is 4.23. The number of halogens is 2. The van der Waals surface area contributed by atoms with Gasteiger partial charge in [-0.15, -0.1) is 0 Å². The second-order valence-electron chi connectivity index (χ2n) is 2.73. The topological polar surface area (TPSA) is 29.5 Å². The molecule has 1 atom stereocenters. The van der Waals surface area contributed by atoms with Gasteiger partial charge in [0.25, 0.3) is 0 Å². The Morgan fingerprint density at radius 1 is 1.62 bits per heavy atom. The van der Waals surface area contributed by atoms with Gasteiger partial charge in [0.2, 0.25) is 0 Å². The van der Waals surface area contributed by atoms with Crippen molar-refractivity contribution < 1.29 is 14.2 Å². The standard InChI is InChI=1S/C9H10ClFO2/c1-6(12)5-13-9-3-2-7(10)4-8(9)11/h2-4,6,12H,5H2,1H3/t6-/m1/s1. The molecule has 0 heterocycles. The number of rotatable bonds is 3. The minimum absolute atomic E-state index is 0.0680. The minimum atomic E-state index is -0.616. The number of aliphatic hydroxyl groups is 1. The van der Waals surface area contributed by atoms with E-state index < -0.39 is 11.9 Å². The van der Waals surface area contributed by atoms with Gasteiger partial charge in [-0.3, -0.25) is 0 Å². The van der Waals surface area contributed by atoms with E-state index in [2.05, 4.69) is 0 Å². The van der Waals surface area contributed by atoms with E-state index in [-0.39, 0.29) is 12.4 Å². The van der Waals surface area contributed by atoms with E-state index in [9.17, 15) is 4.39 Å². The highest BCUT2D eigenvalue weighted by Gasteiger charge is 2.04. The van der Waals surface area contributed by atoms with Gasteiger partial charge in [0.05, 0.1) is 6.10 Å². The number of ether oxygens (including phenoxy) is 1. The summed E-state index contributed by atoms with van der Waals surface area (Å²) in [5.41, 5.74) is 0. The quantitative estimate of drug-likeness (QED) is 0.818. The molecule has 1 aromatic rings. The van der Waals surface area contributed by atoms with Gasteiger partial charge >= 0.3 is 0 Å². The SMILES string of the molecule is C[C@@H](O)COc1ccc(Cl)cc1F. The second-order valence-corrected chi connectivity index (χ2v) is 3.17. The molecule has 13 heavy (non-hydrogen) atoms. The molecule has 0 saturated carbocycles. The third-order valence-corrected chi connectivity index (χ3v) is 1.61. The van der Waals surface area contributed by atoms with Crippen LogP contribution >= 0.6 is 11.6 Å². The Hall–Kier alpha value is -0.800. The third-order valence-electron chi connectivity index (χ3n) is 1.37. The van der Waals surface area contributed by atoms with Crippen LogP contribution < -0.4 is 4.74 Å². The van der Waals surface area contributed by atoms with Crippen molar-refractivity contribution in [3.63, 3.8) is 0 Å². The first-order chi connectivity index (χ1) is 6.09. The van der Waals surface area contributed by atoms with E-state index in [1.165, 1.54) is 18.2 Å². The highest BCUT2D eigenvalue weighted by Crippen LogP contribution is 2.20. The van der Waals surface area contributed by atoms with Crippen molar-refractivity contribution in [2.24, 2.45) is 0 Å². The normalized spacial score (nSPS) is 12.6. The van der Waals surface area contributed by atoms with Crippen LogP contribution in [0.25, 0.3) is 0 Å². The first kappa shape index (κ1) is 10.3. The van der Waals surface area contributed by atoms with Crippen molar-refractivity contribution in [2.75, 3.05) is 6.61 Å². The highest BCUT2D eigenvalue weighted by atomic mass is 35.5. The summed E-state index contributed by atoms with van der Waals surface area (Å²) < 4.78 is 18.0. The Bertz CT molecular complexity index is 289. The lowest BCUT2D eigenvalue weighted by molar-refractivity contribution is 0.120. The van der Waals surface area contributed by atoms with E-state index in [0.29, 0.717) is 5.02 Å². The number of hydrogen-bond donors (Lipinski definition) is 1. The van der Waals surface area contributed by atoms with Crippen LogP contribution in [0.4, 0.5) is 4.39 Å². The van der Waals surface area contributed by atoms with Crippen LogP contribution in [0.5, 0.6) is 5.75 Å². The smallest absolute Gasteiger partial charge is 0.166 e. The largest absolute Gasteiger partial charge is 0.488 e. The Morgan fingerprint density at radius 3 is 2.85 bits per heavy atom. The van der Waals surface area contributed by atoms with Crippen LogP contribution in [0.1, 0.15) is 6.92 Å². The Labute approximate surface area is 80.9 Å². The number of benzene rings is 1. The van der Waals surface area contributed by atoms with Crippen molar-refractivity contribution in [1.29, 1.82) is 0 Å². The molecule has 0 aliphatic rings. The van der Waals surface area contributed by atoms with Crippen LogP contribution in [0, 0.1) is 5.82 Å². The predicted molar refractivity (Wildman–Crippen MR) is 48.6 cm³/mol. The average Bonchev–Trinajstić information content (AvgIpc) is 2.02. The molecule has 0 aliphatic carbocycles. The molecule has 4 heteroatoms. The zero-order valence-electron chi connectivity index (χ0n) is 7.13. The molecule has 0 spiro atoms. The summed E-state index contributed by atoms with van der Waals surface area (Å²) in [5, 5.41) is 9.21. The molecule has 1 aromatic carbocycles. The molecular weight excluding hydrogens is 195 g/mol. The fourth-order valence-electron chi connectivity index (χ4n) is 0.803. The van der Waals surface area contributed by atoms with Crippen molar-refractivity contribution in [1.82, 2.24) is 0 Å². The van der Waals surface area contributed by atoms with Gasteiger partial charge in [0.1, 0.15) is 6.61 Å². The molecule has 0 saturated heterocycles. The summed E-state index contributed by atoms with van der Waals surface area (Å²) >= 11 is 5.53. The third kappa shape index (κ3) is 3.20. The Morgan fingerprint density at radius 2 is 2.31 bits per heavy atom. The molecule has 0 bridgehead atoms. The first-order valence-electron chi connectivity index (χ1n) is 3.85. The molecule has 1 rings (SSSR count). The van der Waals surface area contributed by atoms with E-state index in [1.807, 2.05) is 0 Å². The van der Waals surface area contributed by atoms with Gasteiger partial charge in [-0.05, 0) is 25.1 Å². The summed E-state index contributed by atoms with van der Waals surface area (Å²) in [7, 11) is 0. The van der Waals surface area contributed by atoms with E-state index in [1.54, 1.807) is 6.92 Å². The fourth-order valence-corrected chi connectivity index (χ4v) is 0.961. The maximum Gasteiger partial charge on any atom is 0.166 e. The van der Waals surface area contributed by atoms with Crippen LogP contribution in [0.2, 0.25) is 5.02 Å². The lowest BCUT2D eigenvalue weighted by Crippen LogP contribution is -2.13. The number of aliphatic hydroxyl groups excluding tert-OH is 1. The van der Waals surface area contributed by atoms with Crippen molar-refractivity contribution in [2.45, 2.75) is 13.0 Å². The molecule has 0 aromatic heterocycles. The lowest BCUT2D eigenvalue weighted by Gasteiger charge is -2.08. The van der Waals surface area contributed by atoms with E-state index in [0.717, 1.165) is 0 Å². The molecular formula is C9H10ClFO2. The molecule has 0 amide bonds. The predicted octanol–water partition coefficient (Wildman–Crippen LogP) is 2.24. The summed E-state index contributed by atoms with van der Waals surface area (Å²) in [4.78, 5) is 0. The molecule has 0 aliphatic heterocycles. The fraction of sp³-hybridized carbons (Fsp3) is 0.333. The molecule has 1 N–H and O–H groups in total. The molecule has 0 radical (unpaired) electrons. The highest BCUT2D eigenvalue weighted by molar-refractivity contribution is 6.30. The van der Waals surface area contributed by atoms with Crippen molar-refractivity contribution in [3.05, 3.63) is 29.0 Å². The van der Waals surface area contributed by atoms with Crippen LogP contribution in [-0.2, 0) is 0 Å². The summed E-state index contributed by atoms with van der Waals surface area (Å²) in [5.74, 6) is -0.418. The van der Waals surface area contributed by atoms with Crippen LogP contribution in [0.15, 0.2) is 18.2 Å². The summed E-state index contributed by atoms with van der Waals surface area (Å²) in [6, 6.07) is 4.13. The summed E-state index contributed by atoms with van der Waals surface area (Å²) in [6.45, 7) is 1.63. The Kier molecular flexibility index (Phi) is 3.51. The molecule has 0 fully saturated rings. The van der Waals surface area contributed by atoms with Crippen molar-refractivity contribution in [3.8, 4) is 5.75 Å². The van der Waals surface area contributed by atoms with Gasteiger partial charge in [0, 0.05) is 5.02 Å². The van der Waals surface area contributed by atoms with Gasteiger partial charge in [-0.2, -0.15) is 0 Å². The van der Waals surface area contributed by atoms with Crippen LogP contribution in [0.3, 0.4) is 0 Å². The van der Waals surface area contributed by atoms with Gasteiger partial charge in [-0.25, -0.2) is 4.39 Å². The molecule has 0 unspecified atom stereocenters. The zero-order chi connectivity index (χ0) is 9.84. The van der Waals surface area contributed by atoms with Crippen LogP contribution in [-0.4, -0.2) is 17.8 Å². The van der Waals surface area contributed by atoms with Gasteiger partial charge in [-0.1, -0.05) is 11.6 Å². The Balaban J connectivity index is 2.67. The zero-order valence-corrected chi connectivity index (χ0v) is 7.88. The average molecular weight is 205 g/mol. The summed E-state index contributed by atoms with van der Waals surface area (Å²) in [6.07, 6.45) is -0.616. The molecule has 72 valence electrons. The van der Waals surface area contributed by atoms with Gasteiger partial charge in [0.15, 0.2) is 11.6 Å². The maximum atomic E-state index is 13.0. The maximum absolute atomic E-state index is 13.0. The van der Waals surface area contributed by atoms with E-state index in [4.69, 9.17) is 21.4 Å². The van der Waals surface area contributed by atoms with Gasteiger partial charge < -0.3 is 9.84 Å². The monoisotopic (exact) mass is 204 g/mol. The second kappa shape index (κ2) is 4.44. The molecule has 2 nitrogen and oxygen atoms in total. The minimum Gasteiger partial charge on any atom is -0.488 e. The lowest BCUT2D eigenvalue weighted by atomic mass is 10.3.